The normalized spacial score (nSPS) is 10.2. The molecule has 2 aromatic heterocycles. The summed E-state index contributed by atoms with van der Waals surface area (Å²) in [6, 6.07) is 11.2. The number of ether oxygens (including phenoxy) is 2. The smallest absolute Gasteiger partial charge is 0.253 e. The Labute approximate surface area is 163 Å². The lowest BCUT2D eigenvalue weighted by Gasteiger charge is -2.11. The Balaban J connectivity index is 1.61. The van der Waals surface area contributed by atoms with Gasteiger partial charge in [-0.1, -0.05) is 6.07 Å². The molecule has 2 N–H and O–H groups in total. The van der Waals surface area contributed by atoms with Gasteiger partial charge in [-0.05, 0) is 41.5 Å². The van der Waals surface area contributed by atoms with Crippen LogP contribution in [0.5, 0.6) is 11.5 Å². The van der Waals surface area contributed by atoms with Crippen LogP contribution in [0.2, 0.25) is 0 Å². The number of pyridine rings is 2. The molecule has 0 aliphatic heterocycles. The van der Waals surface area contributed by atoms with Gasteiger partial charge in [0.05, 0.1) is 25.5 Å². The van der Waals surface area contributed by atoms with Gasteiger partial charge in [0.2, 0.25) is 0 Å². The molecule has 0 aliphatic carbocycles. The van der Waals surface area contributed by atoms with E-state index in [1.807, 2.05) is 30.3 Å². The highest BCUT2D eigenvalue weighted by atomic mass is 16.5. The largest absolute Gasteiger partial charge is 0.493 e. The molecule has 0 saturated heterocycles. The molecule has 1 aromatic carbocycles. The number of carbonyl (C=O) groups excluding carboxylic acids is 1. The first-order valence-electron chi connectivity index (χ1n) is 8.76. The lowest BCUT2D eigenvalue weighted by Crippen LogP contribution is -2.23. The molecule has 0 bridgehead atoms. The molecule has 0 fully saturated rings. The van der Waals surface area contributed by atoms with Crippen molar-refractivity contribution in [1.29, 1.82) is 0 Å². The molecule has 0 spiro atoms. The summed E-state index contributed by atoms with van der Waals surface area (Å²) in [5.74, 6) is 1.17. The number of nitrogens with zero attached hydrogens (tertiary/aromatic N) is 2. The van der Waals surface area contributed by atoms with Crippen LogP contribution in [-0.4, -0.2) is 30.1 Å². The summed E-state index contributed by atoms with van der Waals surface area (Å²) in [6.07, 6.45) is 6.62. The second kappa shape index (κ2) is 9.36. The Morgan fingerprint density at radius 1 is 0.893 bits per heavy atom. The van der Waals surface area contributed by atoms with Crippen LogP contribution in [0.3, 0.4) is 0 Å². The number of anilines is 1. The molecule has 0 atom stereocenters. The van der Waals surface area contributed by atoms with Gasteiger partial charge in [0.15, 0.2) is 11.5 Å². The van der Waals surface area contributed by atoms with E-state index in [0.29, 0.717) is 30.2 Å². The van der Waals surface area contributed by atoms with E-state index >= 15 is 0 Å². The summed E-state index contributed by atoms with van der Waals surface area (Å²) in [7, 11) is 3.21. The van der Waals surface area contributed by atoms with Crippen LogP contribution < -0.4 is 20.1 Å². The van der Waals surface area contributed by atoms with Crippen LogP contribution in [0, 0.1) is 0 Å². The minimum Gasteiger partial charge on any atom is -0.493 e. The molecule has 2 heterocycles. The zero-order valence-electron chi connectivity index (χ0n) is 15.8. The summed E-state index contributed by atoms with van der Waals surface area (Å²) in [6.45, 7) is 0.995. The molecule has 0 saturated carbocycles. The van der Waals surface area contributed by atoms with E-state index in [4.69, 9.17) is 9.47 Å². The van der Waals surface area contributed by atoms with Crippen molar-refractivity contribution in [3.63, 3.8) is 0 Å². The van der Waals surface area contributed by atoms with Crippen molar-refractivity contribution in [2.75, 3.05) is 19.5 Å². The van der Waals surface area contributed by atoms with Crippen molar-refractivity contribution in [2.24, 2.45) is 0 Å². The van der Waals surface area contributed by atoms with Crippen molar-refractivity contribution < 1.29 is 14.3 Å². The average molecular weight is 378 g/mol. The zero-order chi connectivity index (χ0) is 19.8. The summed E-state index contributed by atoms with van der Waals surface area (Å²) in [5, 5.41) is 6.15. The molecule has 0 aliphatic rings. The molecule has 1 amide bonds. The second-order valence-corrected chi connectivity index (χ2v) is 6.04. The first-order valence-corrected chi connectivity index (χ1v) is 8.76. The van der Waals surface area contributed by atoms with E-state index in [1.54, 1.807) is 45.1 Å². The fourth-order valence-corrected chi connectivity index (χ4v) is 2.64. The maximum absolute atomic E-state index is 12.4. The number of nitrogens with one attached hydrogen (secondary N) is 2. The highest BCUT2D eigenvalue weighted by Crippen LogP contribution is 2.27. The van der Waals surface area contributed by atoms with Gasteiger partial charge in [-0.25, -0.2) is 0 Å². The monoisotopic (exact) mass is 378 g/mol. The lowest BCUT2D eigenvalue weighted by atomic mass is 10.2. The number of hydrogen-bond donors (Lipinski definition) is 2. The van der Waals surface area contributed by atoms with Gasteiger partial charge in [0, 0.05) is 37.9 Å². The first kappa shape index (κ1) is 19.2. The number of aromatic nitrogens is 2. The topological polar surface area (TPSA) is 85.4 Å². The molecular weight excluding hydrogens is 356 g/mol. The van der Waals surface area contributed by atoms with E-state index in [2.05, 4.69) is 20.6 Å². The standard InChI is InChI=1S/C21H22N4O3/c1-27-19-4-3-16(9-20(19)28-2)12-24-18-10-17(13-23-14-18)21(26)25-11-15-5-7-22-8-6-15/h3-10,13-14,24H,11-12H2,1-2H3,(H,25,26). The van der Waals surface area contributed by atoms with Gasteiger partial charge in [0.25, 0.3) is 5.91 Å². The predicted molar refractivity (Wildman–Crippen MR) is 107 cm³/mol. The third-order valence-electron chi connectivity index (χ3n) is 4.15. The van der Waals surface area contributed by atoms with Crippen molar-refractivity contribution in [3.8, 4) is 11.5 Å². The Bertz CT molecular complexity index is 932. The number of methoxy groups -OCH3 is 2. The third kappa shape index (κ3) is 4.97. The van der Waals surface area contributed by atoms with Gasteiger partial charge in [-0.3, -0.25) is 14.8 Å². The molecule has 7 heteroatoms. The molecule has 0 radical (unpaired) electrons. The molecule has 144 valence electrons. The molecular formula is C21H22N4O3. The van der Waals surface area contributed by atoms with Gasteiger partial charge < -0.3 is 20.1 Å². The lowest BCUT2D eigenvalue weighted by molar-refractivity contribution is 0.0950. The van der Waals surface area contributed by atoms with E-state index in [0.717, 1.165) is 16.8 Å². The van der Waals surface area contributed by atoms with Gasteiger partial charge >= 0.3 is 0 Å². The minimum absolute atomic E-state index is 0.181. The third-order valence-corrected chi connectivity index (χ3v) is 4.15. The minimum atomic E-state index is -0.181. The number of hydrogen-bond acceptors (Lipinski definition) is 6. The molecule has 0 unspecified atom stereocenters. The van der Waals surface area contributed by atoms with Crippen LogP contribution in [0.4, 0.5) is 5.69 Å². The fraction of sp³-hybridized carbons (Fsp3) is 0.190. The summed E-state index contributed by atoms with van der Waals surface area (Å²) in [4.78, 5) is 20.5. The maximum atomic E-state index is 12.4. The number of carbonyl (C=O) groups is 1. The van der Waals surface area contributed by atoms with Crippen LogP contribution in [0.15, 0.2) is 61.2 Å². The van der Waals surface area contributed by atoms with E-state index in [-0.39, 0.29) is 5.91 Å². The Morgan fingerprint density at radius 2 is 1.68 bits per heavy atom. The Hall–Kier alpha value is -3.61. The number of amides is 1. The predicted octanol–water partition coefficient (Wildman–Crippen LogP) is 3.04. The van der Waals surface area contributed by atoms with E-state index in [1.165, 1.54) is 0 Å². The SMILES string of the molecule is COc1ccc(CNc2cncc(C(=O)NCc3ccncc3)c2)cc1OC. The summed E-state index contributed by atoms with van der Waals surface area (Å²) >= 11 is 0. The second-order valence-electron chi connectivity index (χ2n) is 6.04. The van der Waals surface area contributed by atoms with Crippen molar-refractivity contribution in [2.45, 2.75) is 13.1 Å². The first-order chi connectivity index (χ1) is 13.7. The highest BCUT2D eigenvalue weighted by molar-refractivity contribution is 5.94. The Kier molecular flexibility index (Phi) is 6.41. The van der Waals surface area contributed by atoms with Crippen LogP contribution >= 0.6 is 0 Å². The molecule has 3 aromatic rings. The van der Waals surface area contributed by atoms with Crippen LogP contribution in [0.25, 0.3) is 0 Å². The number of rotatable bonds is 8. The summed E-state index contributed by atoms with van der Waals surface area (Å²) < 4.78 is 10.6. The molecule has 7 nitrogen and oxygen atoms in total. The molecule has 3 rings (SSSR count). The van der Waals surface area contributed by atoms with Crippen molar-refractivity contribution in [1.82, 2.24) is 15.3 Å². The molecule has 28 heavy (non-hydrogen) atoms. The van der Waals surface area contributed by atoms with Crippen molar-refractivity contribution in [3.05, 3.63) is 77.9 Å². The fourth-order valence-electron chi connectivity index (χ4n) is 2.64. The number of benzene rings is 1. The van der Waals surface area contributed by atoms with E-state index in [9.17, 15) is 4.79 Å². The van der Waals surface area contributed by atoms with Gasteiger partial charge in [-0.15, -0.1) is 0 Å². The summed E-state index contributed by atoms with van der Waals surface area (Å²) in [5.41, 5.74) is 3.25. The van der Waals surface area contributed by atoms with Gasteiger partial charge in [0.1, 0.15) is 0 Å². The van der Waals surface area contributed by atoms with Gasteiger partial charge in [-0.2, -0.15) is 0 Å². The maximum Gasteiger partial charge on any atom is 0.253 e. The quantitative estimate of drug-likeness (QED) is 0.627. The van der Waals surface area contributed by atoms with Crippen molar-refractivity contribution >= 4 is 11.6 Å². The Morgan fingerprint density at radius 3 is 2.43 bits per heavy atom. The van der Waals surface area contributed by atoms with E-state index < -0.39 is 0 Å². The zero-order valence-corrected chi connectivity index (χ0v) is 15.8. The average Bonchev–Trinajstić information content (AvgIpc) is 2.76. The highest BCUT2D eigenvalue weighted by Gasteiger charge is 2.08. The van der Waals surface area contributed by atoms with Crippen LogP contribution in [0.1, 0.15) is 21.5 Å². The van der Waals surface area contributed by atoms with Crippen LogP contribution in [-0.2, 0) is 13.1 Å².